The van der Waals surface area contributed by atoms with E-state index >= 15 is 0 Å². The number of guanidine groups is 1. The summed E-state index contributed by atoms with van der Waals surface area (Å²) in [6.07, 6.45) is 2.92. The topological polar surface area (TPSA) is 99.7 Å². The molecular formula is C18H37IN4O3S. The van der Waals surface area contributed by atoms with E-state index in [1.165, 1.54) is 0 Å². The lowest BCUT2D eigenvalue weighted by molar-refractivity contribution is -0.121. The third-order valence-electron chi connectivity index (χ3n) is 4.26. The first-order valence-electron chi connectivity index (χ1n) is 9.55. The molecule has 0 radical (unpaired) electrons. The van der Waals surface area contributed by atoms with Crippen LogP contribution in [-0.4, -0.2) is 57.0 Å². The molecule has 1 aliphatic heterocycles. The predicted octanol–water partition coefficient (Wildman–Crippen LogP) is 2.07. The Bertz CT molecular complexity index is 588. The summed E-state index contributed by atoms with van der Waals surface area (Å²) >= 11 is 0. The molecule has 2 atom stereocenters. The molecule has 1 fully saturated rings. The maximum absolute atomic E-state index is 12.0. The van der Waals surface area contributed by atoms with Crippen molar-refractivity contribution in [1.82, 2.24) is 16.0 Å². The fourth-order valence-electron chi connectivity index (χ4n) is 2.75. The van der Waals surface area contributed by atoms with Crippen molar-refractivity contribution in [2.45, 2.75) is 72.4 Å². The normalized spacial score (nSPS) is 20.5. The molecule has 1 amide bonds. The van der Waals surface area contributed by atoms with Crippen molar-refractivity contribution in [3.8, 4) is 0 Å². The second-order valence-electron chi connectivity index (χ2n) is 8.32. The molecule has 1 rings (SSSR count). The molecule has 0 aromatic rings. The first kappa shape index (κ1) is 26.4. The van der Waals surface area contributed by atoms with E-state index in [1.807, 2.05) is 6.92 Å². The summed E-state index contributed by atoms with van der Waals surface area (Å²) < 4.78 is 22.9. The van der Waals surface area contributed by atoms with Crippen LogP contribution in [-0.2, 0) is 14.6 Å². The molecule has 0 aromatic carbocycles. The van der Waals surface area contributed by atoms with Crippen LogP contribution < -0.4 is 16.0 Å². The van der Waals surface area contributed by atoms with Gasteiger partial charge in [0.05, 0.1) is 18.1 Å². The SMILES string of the molecule is CCNC(=NCCC(=O)NC1CCS(=O)(=O)C1)NC(C)CCC(C)(C)C.I. The van der Waals surface area contributed by atoms with Crippen molar-refractivity contribution in [3.05, 3.63) is 0 Å². The van der Waals surface area contributed by atoms with Gasteiger partial charge in [0.15, 0.2) is 15.8 Å². The molecule has 27 heavy (non-hydrogen) atoms. The van der Waals surface area contributed by atoms with E-state index in [9.17, 15) is 13.2 Å². The van der Waals surface area contributed by atoms with Gasteiger partial charge in [-0.25, -0.2) is 8.42 Å². The summed E-state index contributed by atoms with van der Waals surface area (Å²) in [4.78, 5) is 16.4. The van der Waals surface area contributed by atoms with Crippen LogP contribution in [0.25, 0.3) is 0 Å². The average Bonchev–Trinajstić information content (AvgIpc) is 2.83. The Hall–Kier alpha value is -0.580. The maximum atomic E-state index is 12.0. The van der Waals surface area contributed by atoms with E-state index in [4.69, 9.17) is 0 Å². The smallest absolute Gasteiger partial charge is 0.222 e. The molecule has 1 aliphatic rings. The molecule has 0 aliphatic carbocycles. The van der Waals surface area contributed by atoms with Gasteiger partial charge in [-0.15, -0.1) is 24.0 Å². The van der Waals surface area contributed by atoms with Crippen LogP contribution in [0.5, 0.6) is 0 Å². The monoisotopic (exact) mass is 516 g/mol. The van der Waals surface area contributed by atoms with Gasteiger partial charge in [0.25, 0.3) is 0 Å². The van der Waals surface area contributed by atoms with Gasteiger partial charge in [-0.3, -0.25) is 9.79 Å². The molecule has 160 valence electrons. The molecule has 0 bridgehead atoms. The zero-order valence-corrected chi connectivity index (χ0v) is 20.4. The number of amides is 1. The molecule has 0 saturated carbocycles. The first-order chi connectivity index (χ1) is 12.0. The quantitative estimate of drug-likeness (QED) is 0.261. The molecule has 0 spiro atoms. The van der Waals surface area contributed by atoms with Crippen LogP contribution in [0.3, 0.4) is 0 Å². The minimum absolute atomic E-state index is 0. The van der Waals surface area contributed by atoms with E-state index in [-0.39, 0.29) is 53.9 Å². The summed E-state index contributed by atoms with van der Waals surface area (Å²) in [7, 11) is -2.97. The third kappa shape index (κ3) is 12.5. The number of rotatable bonds is 8. The van der Waals surface area contributed by atoms with Crippen LogP contribution in [0.4, 0.5) is 0 Å². The predicted molar refractivity (Wildman–Crippen MR) is 122 cm³/mol. The largest absolute Gasteiger partial charge is 0.357 e. The number of hydrogen-bond donors (Lipinski definition) is 3. The maximum Gasteiger partial charge on any atom is 0.222 e. The van der Waals surface area contributed by atoms with Crippen molar-refractivity contribution < 1.29 is 13.2 Å². The van der Waals surface area contributed by atoms with Crippen molar-refractivity contribution in [2.75, 3.05) is 24.6 Å². The molecule has 3 N–H and O–H groups in total. The summed E-state index contributed by atoms with van der Waals surface area (Å²) in [6.45, 7) is 11.9. The highest BCUT2D eigenvalue weighted by molar-refractivity contribution is 14.0. The van der Waals surface area contributed by atoms with Crippen LogP contribution in [0.2, 0.25) is 0 Å². The standard InChI is InChI=1S/C18H36N4O3S.HI/c1-6-19-17(21-14(2)7-10-18(3,4)5)20-11-8-16(23)22-15-9-12-26(24,25)13-15;/h14-15H,6-13H2,1-5H3,(H,22,23)(H2,19,20,21);1H. The lowest BCUT2D eigenvalue weighted by Crippen LogP contribution is -2.42. The van der Waals surface area contributed by atoms with Crippen LogP contribution in [0.15, 0.2) is 4.99 Å². The molecule has 1 heterocycles. The number of nitrogens with one attached hydrogen (secondary N) is 3. The van der Waals surface area contributed by atoms with Gasteiger partial charge >= 0.3 is 0 Å². The van der Waals surface area contributed by atoms with Gasteiger partial charge in [0.2, 0.25) is 5.91 Å². The highest BCUT2D eigenvalue weighted by atomic mass is 127. The summed E-state index contributed by atoms with van der Waals surface area (Å²) in [5, 5.41) is 9.36. The fraction of sp³-hybridized carbons (Fsp3) is 0.889. The zero-order chi connectivity index (χ0) is 19.8. The summed E-state index contributed by atoms with van der Waals surface area (Å²) in [5.41, 5.74) is 0.303. The molecular weight excluding hydrogens is 479 g/mol. The Morgan fingerprint density at radius 2 is 1.96 bits per heavy atom. The van der Waals surface area contributed by atoms with Gasteiger partial charge in [-0.05, 0) is 38.5 Å². The zero-order valence-electron chi connectivity index (χ0n) is 17.3. The Morgan fingerprint density at radius 3 is 2.48 bits per heavy atom. The number of hydrogen-bond acceptors (Lipinski definition) is 4. The van der Waals surface area contributed by atoms with E-state index in [2.05, 4.69) is 48.6 Å². The Morgan fingerprint density at radius 1 is 1.30 bits per heavy atom. The van der Waals surface area contributed by atoms with Gasteiger partial charge in [-0.2, -0.15) is 0 Å². The number of carbonyl (C=O) groups excluding carboxylic acids is 1. The molecule has 9 heteroatoms. The van der Waals surface area contributed by atoms with Gasteiger partial charge in [0, 0.05) is 25.0 Å². The average molecular weight is 516 g/mol. The lowest BCUT2D eigenvalue weighted by atomic mass is 9.89. The second kappa shape index (κ2) is 12.1. The van der Waals surface area contributed by atoms with Gasteiger partial charge in [0.1, 0.15) is 0 Å². The van der Waals surface area contributed by atoms with Crippen molar-refractivity contribution >= 4 is 45.7 Å². The molecule has 2 unspecified atom stereocenters. The lowest BCUT2D eigenvalue weighted by Gasteiger charge is -2.23. The van der Waals surface area contributed by atoms with E-state index < -0.39 is 9.84 Å². The first-order valence-corrected chi connectivity index (χ1v) is 11.4. The molecule has 1 saturated heterocycles. The van der Waals surface area contributed by atoms with Gasteiger partial charge < -0.3 is 16.0 Å². The number of carbonyl (C=O) groups is 1. The highest BCUT2D eigenvalue weighted by Crippen LogP contribution is 2.21. The van der Waals surface area contributed by atoms with Crippen LogP contribution in [0.1, 0.15) is 60.3 Å². The highest BCUT2D eigenvalue weighted by Gasteiger charge is 2.28. The van der Waals surface area contributed by atoms with E-state index in [0.717, 1.165) is 19.4 Å². The van der Waals surface area contributed by atoms with E-state index in [0.29, 0.717) is 30.4 Å². The third-order valence-corrected chi connectivity index (χ3v) is 6.03. The number of sulfone groups is 1. The van der Waals surface area contributed by atoms with E-state index in [1.54, 1.807) is 0 Å². The van der Waals surface area contributed by atoms with Gasteiger partial charge in [-0.1, -0.05) is 20.8 Å². The van der Waals surface area contributed by atoms with Crippen molar-refractivity contribution in [1.29, 1.82) is 0 Å². The molecule has 0 aromatic heterocycles. The number of nitrogens with zero attached hydrogens (tertiary/aromatic N) is 1. The van der Waals surface area contributed by atoms with Crippen molar-refractivity contribution in [3.63, 3.8) is 0 Å². The number of aliphatic imine (C=N–C) groups is 1. The van der Waals surface area contributed by atoms with Crippen LogP contribution in [0, 0.1) is 5.41 Å². The molecule has 7 nitrogen and oxygen atoms in total. The summed E-state index contributed by atoms with van der Waals surface area (Å²) in [6, 6.07) is 0.0461. The minimum Gasteiger partial charge on any atom is -0.357 e. The van der Waals surface area contributed by atoms with Crippen molar-refractivity contribution in [2.24, 2.45) is 10.4 Å². The summed E-state index contributed by atoms with van der Waals surface area (Å²) in [5.74, 6) is 0.784. The number of halogens is 1. The Kier molecular flexibility index (Phi) is 11.8. The fourth-order valence-corrected chi connectivity index (χ4v) is 4.43. The Balaban J connectivity index is 0.00000676. The van der Waals surface area contributed by atoms with Crippen LogP contribution >= 0.6 is 24.0 Å². The Labute approximate surface area is 181 Å². The minimum atomic E-state index is -2.97. The second-order valence-corrected chi connectivity index (χ2v) is 10.6.